The number of rotatable bonds is 7. The Balaban J connectivity index is 1.59. The third kappa shape index (κ3) is 4.44. The molecular weight excluding hydrogens is 346 g/mol. The SMILES string of the molecule is COc1ccc(CC(=O)NCc2nc(-c3ccccc3C)no2)cc1OC. The van der Waals surface area contributed by atoms with Crippen LogP contribution in [-0.4, -0.2) is 30.3 Å². The number of aryl methyl sites for hydroxylation is 1. The Morgan fingerprint density at radius 2 is 1.89 bits per heavy atom. The van der Waals surface area contributed by atoms with Crippen LogP contribution in [0.25, 0.3) is 11.4 Å². The predicted molar refractivity (Wildman–Crippen MR) is 99.6 cm³/mol. The number of methoxy groups -OCH3 is 2. The van der Waals surface area contributed by atoms with Crippen molar-refractivity contribution >= 4 is 5.91 Å². The zero-order valence-corrected chi connectivity index (χ0v) is 15.5. The third-order valence-electron chi connectivity index (χ3n) is 4.10. The van der Waals surface area contributed by atoms with Crippen molar-refractivity contribution in [2.45, 2.75) is 19.9 Å². The van der Waals surface area contributed by atoms with Crippen LogP contribution in [-0.2, 0) is 17.8 Å². The summed E-state index contributed by atoms with van der Waals surface area (Å²) >= 11 is 0. The highest BCUT2D eigenvalue weighted by atomic mass is 16.5. The van der Waals surface area contributed by atoms with Crippen LogP contribution in [0.1, 0.15) is 17.0 Å². The second-order valence-electron chi connectivity index (χ2n) is 5.97. The van der Waals surface area contributed by atoms with E-state index in [4.69, 9.17) is 14.0 Å². The summed E-state index contributed by atoms with van der Waals surface area (Å²) in [5, 5.41) is 6.77. The number of aromatic nitrogens is 2. The summed E-state index contributed by atoms with van der Waals surface area (Å²) in [6.45, 7) is 2.15. The van der Waals surface area contributed by atoms with E-state index < -0.39 is 0 Å². The maximum Gasteiger partial charge on any atom is 0.246 e. The number of benzene rings is 2. The van der Waals surface area contributed by atoms with Crippen molar-refractivity contribution in [3.05, 3.63) is 59.5 Å². The van der Waals surface area contributed by atoms with Gasteiger partial charge >= 0.3 is 0 Å². The first kappa shape index (κ1) is 18.4. The standard InChI is InChI=1S/C20H21N3O4/c1-13-6-4-5-7-15(13)20-22-19(27-23-20)12-21-18(24)11-14-8-9-16(25-2)17(10-14)26-3/h4-10H,11-12H2,1-3H3,(H,21,24). The molecule has 1 aromatic heterocycles. The molecule has 0 fully saturated rings. The lowest BCUT2D eigenvalue weighted by molar-refractivity contribution is -0.120. The molecule has 0 aliphatic carbocycles. The molecule has 7 nitrogen and oxygen atoms in total. The fraction of sp³-hybridized carbons (Fsp3) is 0.250. The Hall–Kier alpha value is -3.35. The molecule has 0 saturated heterocycles. The van der Waals surface area contributed by atoms with Crippen molar-refractivity contribution in [2.75, 3.05) is 14.2 Å². The van der Waals surface area contributed by atoms with Gasteiger partial charge in [-0.3, -0.25) is 4.79 Å². The minimum atomic E-state index is -0.155. The minimum Gasteiger partial charge on any atom is -0.493 e. The average molecular weight is 367 g/mol. The number of carbonyl (C=O) groups is 1. The molecule has 1 heterocycles. The second-order valence-corrected chi connectivity index (χ2v) is 5.97. The Bertz CT molecular complexity index is 936. The van der Waals surface area contributed by atoms with Crippen LogP contribution in [0.4, 0.5) is 0 Å². The summed E-state index contributed by atoms with van der Waals surface area (Å²) in [6.07, 6.45) is 0.207. The molecule has 3 aromatic rings. The number of hydrogen-bond donors (Lipinski definition) is 1. The van der Waals surface area contributed by atoms with Crippen LogP contribution in [0.2, 0.25) is 0 Å². The molecule has 0 spiro atoms. The van der Waals surface area contributed by atoms with E-state index in [1.165, 1.54) is 0 Å². The van der Waals surface area contributed by atoms with Gasteiger partial charge in [0.15, 0.2) is 11.5 Å². The molecule has 0 saturated carbocycles. The van der Waals surface area contributed by atoms with Gasteiger partial charge in [0.25, 0.3) is 0 Å². The molecule has 0 bridgehead atoms. The molecular formula is C20H21N3O4. The van der Waals surface area contributed by atoms with Crippen molar-refractivity contribution < 1.29 is 18.8 Å². The maximum atomic E-state index is 12.2. The Labute approximate surface area is 157 Å². The fourth-order valence-corrected chi connectivity index (χ4v) is 2.67. The van der Waals surface area contributed by atoms with E-state index in [1.807, 2.05) is 37.3 Å². The first-order valence-electron chi connectivity index (χ1n) is 8.47. The van der Waals surface area contributed by atoms with Crippen molar-refractivity contribution in [2.24, 2.45) is 0 Å². The normalized spacial score (nSPS) is 10.5. The van der Waals surface area contributed by atoms with Gasteiger partial charge < -0.3 is 19.3 Å². The highest BCUT2D eigenvalue weighted by Gasteiger charge is 2.12. The zero-order chi connectivity index (χ0) is 19.2. The molecule has 0 unspecified atom stereocenters. The van der Waals surface area contributed by atoms with E-state index in [9.17, 15) is 4.79 Å². The van der Waals surface area contributed by atoms with Gasteiger partial charge in [0, 0.05) is 5.56 Å². The van der Waals surface area contributed by atoms with E-state index >= 15 is 0 Å². The summed E-state index contributed by atoms with van der Waals surface area (Å²) in [4.78, 5) is 16.5. The number of amides is 1. The number of carbonyl (C=O) groups excluding carboxylic acids is 1. The number of nitrogens with zero attached hydrogens (tertiary/aromatic N) is 2. The Morgan fingerprint density at radius 3 is 2.63 bits per heavy atom. The van der Waals surface area contributed by atoms with Gasteiger partial charge in [-0.15, -0.1) is 0 Å². The Morgan fingerprint density at radius 1 is 1.11 bits per heavy atom. The van der Waals surface area contributed by atoms with Gasteiger partial charge in [0.2, 0.25) is 17.6 Å². The van der Waals surface area contributed by atoms with Crippen molar-refractivity contribution in [3.8, 4) is 22.9 Å². The van der Waals surface area contributed by atoms with Crippen LogP contribution in [0, 0.1) is 6.92 Å². The molecule has 27 heavy (non-hydrogen) atoms. The smallest absolute Gasteiger partial charge is 0.246 e. The number of ether oxygens (including phenoxy) is 2. The lowest BCUT2D eigenvalue weighted by atomic mass is 10.1. The predicted octanol–water partition coefficient (Wildman–Crippen LogP) is 2.92. The van der Waals surface area contributed by atoms with E-state index in [0.29, 0.717) is 23.2 Å². The summed E-state index contributed by atoms with van der Waals surface area (Å²) in [5.41, 5.74) is 2.78. The summed E-state index contributed by atoms with van der Waals surface area (Å²) in [7, 11) is 3.13. The molecule has 140 valence electrons. The molecule has 0 radical (unpaired) electrons. The first-order valence-corrected chi connectivity index (χ1v) is 8.47. The van der Waals surface area contributed by atoms with Crippen LogP contribution in [0.15, 0.2) is 47.0 Å². The molecule has 1 amide bonds. The van der Waals surface area contributed by atoms with Crippen molar-refractivity contribution in [1.29, 1.82) is 0 Å². The topological polar surface area (TPSA) is 86.5 Å². The summed E-state index contributed by atoms with van der Waals surface area (Å²) in [5.74, 6) is 1.92. The van der Waals surface area contributed by atoms with Crippen LogP contribution < -0.4 is 14.8 Å². The molecule has 0 aliphatic rings. The number of hydrogen-bond acceptors (Lipinski definition) is 6. The number of nitrogens with one attached hydrogen (secondary N) is 1. The van der Waals surface area contributed by atoms with Crippen LogP contribution in [0.3, 0.4) is 0 Å². The van der Waals surface area contributed by atoms with E-state index in [1.54, 1.807) is 26.4 Å². The third-order valence-corrected chi connectivity index (χ3v) is 4.10. The monoisotopic (exact) mass is 367 g/mol. The molecule has 0 aliphatic heterocycles. The summed E-state index contributed by atoms with van der Waals surface area (Å²) < 4.78 is 15.7. The van der Waals surface area contributed by atoms with Crippen molar-refractivity contribution in [1.82, 2.24) is 15.5 Å². The van der Waals surface area contributed by atoms with Gasteiger partial charge in [0.1, 0.15) is 0 Å². The largest absolute Gasteiger partial charge is 0.493 e. The second kappa shape index (κ2) is 8.35. The quantitative estimate of drug-likeness (QED) is 0.691. The van der Waals surface area contributed by atoms with Gasteiger partial charge in [-0.1, -0.05) is 35.5 Å². The lowest BCUT2D eigenvalue weighted by Crippen LogP contribution is -2.24. The average Bonchev–Trinajstić information content (AvgIpc) is 3.15. The molecule has 0 atom stereocenters. The highest BCUT2D eigenvalue weighted by Crippen LogP contribution is 2.27. The van der Waals surface area contributed by atoms with E-state index in [0.717, 1.165) is 16.7 Å². The first-order chi connectivity index (χ1) is 13.1. The van der Waals surface area contributed by atoms with Gasteiger partial charge in [-0.25, -0.2) is 0 Å². The lowest BCUT2D eigenvalue weighted by Gasteiger charge is -2.09. The van der Waals surface area contributed by atoms with E-state index in [2.05, 4.69) is 15.5 Å². The molecule has 7 heteroatoms. The van der Waals surface area contributed by atoms with Crippen LogP contribution >= 0.6 is 0 Å². The van der Waals surface area contributed by atoms with E-state index in [-0.39, 0.29) is 18.9 Å². The minimum absolute atomic E-state index is 0.155. The summed E-state index contributed by atoms with van der Waals surface area (Å²) in [6, 6.07) is 13.2. The fourth-order valence-electron chi connectivity index (χ4n) is 2.67. The zero-order valence-electron chi connectivity index (χ0n) is 15.5. The molecule has 2 aromatic carbocycles. The van der Waals surface area contributed by atoms with Gasteiger partial charge in [-0.2, -0.15) is 4.98 Å². The van der Waals surface area contributed by atoms with Crippen molar-refractivity contribution in [3.63, 3.8) is 0 Å². The highest BCUT2D eigenvalue weighted by molar-refractivity contribution is 5.78. The van der Waals surface area contributed by atoms with Crippen LogP contribution in [0.5, 0.6) is 11.5 Å². The molecule has 3 rings (SSSR count). The Kier molecular flexibility index (Phi) is 5.71. The van der Waals surface area contributed by atoms with Gasteiger partial charge in [-0.05, 0) is 30.2 Å². The van der Waals surface area contributed by atoms with Gasteiger partial charge in [0.05, 0.1) is 27.2 Å². The maximum absolute atomic E-state index is 12.2. The molecule has 1 N–H and O–H groups in total.